The largest absolute Gasteiger partial charge is 0.491 e. The maximum absolute atomic E-state index is 13.3. The molecule has 0 aromatic heterocycles. The second kappa shape index (κ2) is 6.71. The van der Waals surface area contributed by atoms with Gasteiger partial charge in [0.1, 0.15) is 18.2 Å². The molecule has 0 aliphatic rings. The van der Waals surface area contributed by atoms with Crippen molar-refractivity contribution in [2.45, 2.75) is 32.9 Å². The molecule has 0 heterocycles. The zero-order valence-corrected chi connectivity index (χ0v) is 11.5. The Morgan fingerprint density at radius 2 is 1.89 bits per heavy atom. The Morgan fingerprint density at radius 3 is 2.50 bits per heavy atom. The Labute approximate surface area is 108 Å². The van der Waals surface area contributed by atoms with Gasteiger partial charge in [0.05, 0.1) is 12.2 Å². The molecule has 0 spiro atoms. The van der Waals surface area contributed by atoms with Crippen LogP contribution >= 0.6 is 0 Å². The van der Waals surface area contributed by atoms with Crippen molar-refractivity contribution in [2.24, 2.45) is 0 Å². The van der Waals surface area contributed by atoms with Gasteiger partial charge in [-0.2, -0.15) is 0 Å². The highest BCUT2D eigenvalue weighted by atomic mass is 19.1. The minimum atomic E-state index is -0.283. The molecule has 0 aliphatic heterocycles. The quantitative estimate of drug-likeness (QED) is 0.793. The Balaban J connectivity index is 2.46. The lowest BCUT2D eigenvalue weighted by atomic mass is 10.2. The summed E-state index contributed by atoms with van der Waals surface area (Å²) in [6, 6.07) is 4.71. The van der Waals surface area contributed by atoms with Gasteiger partial charge in [0.25, 0.3) is 0 Å². The minimum absolute atomic E-state index is 0.178. The fourth-order valence-corrected chi connectivity index (χ4v) is 1.52. The van der Waals surface area contributed by atoms with Crippen LogP contribution in [-0.2, 0) is 11.3 Å². The van der Waals surface area contributed by atoms with Crippen LogP contribution in [0.4, 0.5) is 4.39 Å². The maximum atomic E-state index is 13.3. The van der Waals surface area contributed by atoms with Crippen molar-refractivity contribution in [2.75, 3.05) is 20.3 Å². The molecule has 0 unspecified atom stereocenters. The predicted molar refractivity (Wildman–Crippen MR) is 70.4 cm³/mol. The highest BCUT2D eigenvalue weighted by Crippen LogP contribution is 2.16. The topological polar surface area (TPSA) is 30.5 Å². The first-order valence-corrected chi connectivity index (χ1v) is 6.11. The standard InChI is InChI=1S/C14H22FNO2/c1-14(2,3)18-6-5-17-13-8-11(10-16-4)7-12(15)9-13/h7-9,16H,5-6,10H2,1-4H3. The lowest BCUT2D eigenvalue weighted by molar-refractivity contribution is -0.0163. The fourth-order valence-electron chi connectivity index (χ4n) is 1.52. The summed E-state index contributed by atoms with van der Waals surface area (Å²) >= 11 is 0. The second-order valence-electron chi connectivity index (χ2n) is 5.13. The van der Waals surface area contributed by atoms with Crippen LogP contribution in [0.15, 0.2) is 18.2 Å². The van der Waals surface area contributed by atoms with Gasteiger partial charge < -0.3 is 14.8 Å². The van der Waals surface area contributed by atoms with Crippen LogP contribution in [0.3, 0.4) is 0 Å². The van der Waals surface area contributed by atoms with E-state index < -0.39 is 0 Å². The van der Waals surface area contributed by atoms with Gasteiger partial charge in [-0.25, -0.2) is 4.39 Å². The van der Waals surface area contributed by atoms with Gasteiger partial charge >= 0.3 is 0 Å². The first kappa shape index (κ1) is 14.9. The van der Waals surface area contributed by atoms with E-state index in [1.165, 1.54) is 12.1 Å². The zero-order valence-electron chi connectivity index (χ0n) is 11.5. The summed E-state index contributed by atoms with van der Waals surface area (Å²) in [6.45, 7) is 7.48. The average Bonchev–Trinajstić information content (AvgIpc) is 2.23. The van der Waals surface area contributed by atoms with Gasteiger partial charge in [-0.1, -0.05) is 0 Å². The molecule has 102 valence electrons. The van der Waals surface area contributed by atoms with Crippen LogP contribution in [0, 0.1) is 5.82 Å². The van der Waals surface area contributed by atoms with E-state index in [0.717, 1.165) is 5.56 Å². The molecule has 0 fully saturated rings. The number of rotatable bonds is 6. The van der Waals surface area contributed by atoms with Crippen molar-refractivity contribution < 1.29 is 13.9 Å². The van der Waals surface area contributed by atoms with E-state index in [9.17, 15) is 4.39 Å². The van der Waals surface area contributed by atoms with Crippen molar-refractivity contribution in [1.82, 2.24) is 5.32 Å². The molecular formula is C14H22FNO2. The lowest BCUT2D eigenvalue weighted by Crippen LogP contribution is -2.22. The monoisotopic (exact) mass is 255 g/mol. The van der Waals surface area contributed by atoms with Crippen molar-refractivity contribution in [1.29, 1.82) is 0 Å². The third-order valence-corrected chi connectivity index (χ3v) is 2.20. The van der Waals surface area contributed by atoms with E-state index in [1.807, 2.05) is 33.9 Å². The SMILES string of the molecule is CNCc1cc(F)cc(OCCOC(C)(C)C)c1. The van der Waals surface area contributed by atoms with Gasteiger partial charge in [-0.15, -0.1) is 0 Å². The summed E-state index contributed by atoms with van der Waals surface area (Å²) in [4.78, 5) is 0. The third-order valence-electron chi connectivity index (χ3n) is 2.20. The first-order valence-electron chi connectivity index (χ1n) is 6.11. The van der Waals surface area contributed by atoms with E-state index in [1.54, 1.807) is 0 Å². The van der Waals surface area contributed by atoms with Gasteiger partial charge in [0.15, 0.2) is 0 Å². The summed E-state index contributed by atoms with van der Waals surface area (Å²) in [5.74, 6) is 0.257. The molecule has 1 aromatic rings. The summed E-state index contributed by atoms with van der Waals surface area (Å²) in [6.07, 6.45) is 0. The van der Waals surface area contributed by atoms with Gasteiger partial charge in [-0.05, 0) is 45.5 Å². The van der Waals surface area contributed by atoms with Crippen LogP contribution in [-0.4, -0.2) is 25.9 Å². The molecule has 0 atom stereocenters. The van der Waals surface area contributed by atoms with Crippen molar-refractivity contribution >= 4 is 0 Å². The molecule has 1 N–H and O–H groups in total. The molecule has 0 bridgehead atoms. The predicted octanol–water partition coefficient (Wildman–Crippen LogP) is 2.74. The molecule has 18 heavy (non-hydrogen) atoms. The van der Waals surface area contributed by atoms with E-state index in [-0.39, 0.29) is 11.4 Å². The maximum Gasteiger partial charge on any atom is 0.127 e. The molecule has 1 rings (SSSR count). The fraction of sp³-hybridized carbons (Fsp3) is 0.571. The van der Waals surface area contributed by atoms with Gasteiger partial charge in [0, 0.05) is 12.6 Å². The van der Waals surface area contributed by atoms with E-state index >= 15 is 0 Å². The van der Waals surface area contributed by atoms with E-state index in [0.29, 0.717) is 25.5 Å². The molecule has 4 heteroatoms. The summed E-state index contributed by atoms with van der Waals surface area (Å²) in [5.41, 5.74) is 0.687. The molecule has 0 aliphatic carbocycles. The number of nitrogens with one attached hydrogen (secondary N) is 1. The number of hydrogen-bond acceptors (Lipinski definition) is 3. The van der Waals surface area contributed by atoms with Crippen LogP contribution < -0.4 is 10.1 Å². The molecule has 3 nitrogen and oxygen atoms in total. The minimum Gasteiger partial charge on any atom is -0.491 e. The van der Waals surface area contributed by atoms with E-state index in [2.05, 4.69) is 5.32 Å². The molecular weight excluding hydrogens is 233 g/mol. The van der Waals surface area contributed by atoms with Gasteiger partial charge in [-0.3, -0.25) is 0 Å². The number of benzene rings is 1. The highest BCUT2D eigenvalue weighted by Gasteiger charge is 2.09. The summed E-state index contributed by atoms with van der Waals surface area (Å²) in [5, 5.41) is 2.98. The molecule has 0 amide bonds. The number of ether oxygens (including phenoxy) is 2. The molecule has 1 aromatic carbocycles. The zero-order chi connectivity index (χ0) is 13.6. The Kier molecular flexibility index (Phi) is 5.56. The third kappa shape index (κ3) is 5.98. The number of halogens is 1. The Hall–Kier alpha value is -1.13. The lowest BCUT2D eigenvalue weighted by Gasteiger charge is -2.19. The van der Waals surface area contributed by atoms with Crippen LogP contribution in [0.25, 0.3) is 0 Å². The second-order valence-corrected chi connectivity index (χ2v) is 5.13. The number of hydrogen-bond donors (Lipinski definition) is 1. The van der Waals surface area contributed by atoms with Gasteiger partial charge in [0.2, 0.25) is 0 Å². The van der Waals surface area contributed by atoms with Crippen molar-refractivity contribution in [3.05, 3.63) is 29.6 Å². The average molecular weight is 255 g/mol. The summed E-state index contributed by atoms with van der Waals surface area (Å²) < 4.78 is 24.3. The van der Waals surface area contributed by atoms with Crippen LogP contribution in [0.1, 0.15) is 26.3 Å². The molecule has 0 saturated heterocycles. The summed E-state index contributed by atoms with van der Waals surface area (Å²) in [7, 11) is 1.82. The Morgan fingerprint density at radius 1 is 1.17 bits per heavy atom. The first-order chi connectivity index (χ1) is 8.40. The highest BCUT2D eigenvalue weighted by molar-refractivity contribution is 5.29. The van der Waals surface area contributed by atoms with Crippen molar-refractivity contribution in [3.63, 3.8) is 0 Å². The molecule has 0 saturated carbocycles. The normalized spacial score (nSPS) is 11.6. The smallest absolute Gasteiger partial charge is 0.127 e. The van der Waals surface area contributed by atoms with E-state index in [4.69, 9.17) is 9.47 Å². The Bertz CT molecular complexity index is 375. The van der Waals surface area contributed by atoms with Crippen LogP contribution in [0.5, 0.6) is 5.75 Å². The van der Waals surface area contributed by atoms with Crippen molar-refractivity contribution in [3.8, 4) is 5.75 Å². The van der Waals surface area contributed by atoms with Crippen LogP contribution in [0.2, 0.25) is 0 Å². The molecule has 0 radical (unpaired) electrons.